The molecule has 1 aromatic rings. The molecular weight excluding hydrogens is 411 g/mol. The van der Waals surface area contributed by atoms with Gasteiger partial charge in [0.2, 0.25) is 5.91 Å². The Morgan fingerprint density at radius 1 is 1.22 bits per heavy atom. The Morgan fingerprint density at radius 3 is 2.56 bits per heavy atom. The third kappa shape index (κ3) is 7.69. The van der Waals surface area contributed by atoms with Crippen LogP contribution in [0.4, 0.5) is 0 Å². The lowest BCUT2D eigenvalue weighted by atomic mass is 9.74. The van der Waals surface area contributed by atoms with E-state index in [4.69, 9.17) is 19.5 Å². The highest BCUT2D eigenvalue weighted by atomic mass is 16.5. The first kappa shape index (κ1) is 25.4. The van der Waals surface area contributed by atoms with Crippen LogP contribution in [0.2, 0.25) is 5.82 Å². The normalized spacial score (nSPS) is 22.9. The summed E-state index contributed by atoms with van der Waals surface area (Å²) < 4.78 is 15.6. The van der Waals surface area contributed by atoms with E-state index in [1.807, 2.05) is 38.1 Å². The number of hydrogen-bond acceptors (Lipinski definition) is 7. The SMILES string of the molecule is COC(=O)[C@@H]1CCCCOc2ccc(cc2)C[C@H]([B]OC=N)C(=O)N[C@@H](C(C)C)C(=O)C1. The van der Waals surface area contributed by atoms with Crippen LogP contribution in [-0.4, -0.2) is 51.3 Å². The number of carbonyl (C=O) groups is 3. The summed E-state index contributed by atoms with van der Waals surface area (Å²) in [6.45, 7) is 4.20. The molecule has 32 heavy (non-hydrogen) atoms. The number of ether oxygens (including phenoxy) is 2. The maximum Gasteiger partial charge on any atom is 0.384 e. The fourth-order valence-corrected chi connectivity index (χ4v) is 3.71. The number of rotatable bonds is 5. The second-order valence-corrected chi connectivity index (χ2v) is 8.31. The zero-order valence-corrected chi connectivity index (χ0v) is 19.0. The van der Waals surface area contributed by atoms with Gasteiger partial charge >= 0.3 is 13.5 Å². The van der Waals surface area contributed by atoms with Crippen LogP contribution in [0.3, 0.4) is 0 Å². The lowest BCUT2D eigenvalue weighted by Gasteiger charge is -2.25. The van der Waals surface area contributed by atoms with Crippen molar-refractivity contribution >= 4 is 31.5 Å². The zero-order valence-electron chi connectivity index (χ0n) is 19.0. The molecule has 2 N–H and O–H groups in total. The van der Waals surface area contributed by atoms with Gasteiger partial charge in [0.1, 0.15) is 12.2 Å². The van der Waals surface area contributed by atoms with Gasteiger partial charge in [0.05, 0.1) is 31.5 Å². The van der Waals surface area contributed by atoms with Gasteiger partial charge < -0.3 is 19.4 Å². The van der Waals surface area contributed by atoms with Gasteiger partial charge in [-0.25, -0.2) is 0 Å². The first-order valence-corrected chi connectivity index (χ1v) is 11.0. The molecule has 0 saturated heterocycles. The Hall–Kier alpha value is -2.84. The molecule has 2 aliphatic rings. The molecule has 0 fully saturated rings. The van der Waals surface area contributed by atoms with E-state index >= 15 is 0 Å². The maximum atomic E-state index is 13.1. The molecule has 3 atom stereocenters. The van der Waals surface area contributed by atoms with Crippen molar-refractivity contribution in [3.05, 3.63) is 29.8 Å². The van der Waals surface area contributed by atoms with Crippen LogP contribution in [0.1, 0.15) is 45.1 Å². The summed E-state index contributed by atoms with van der Waals surface area (Å²) in [4.78, 5) is 38.4. The number of esters is 1. The third-order valence-electron chi connectivity index (χ3n) is 5.54. The number of hydrogen-bond donors (Lipinski definition) is 2. The van der Waals surface area contributed by atoms with Gasteiger partial charge in [-0.1, -0.05) is 26.0 Å². The number of nitrogens with one attached hydrogen (secondary N) is 2. The molecule has 0 spiro atoms. The van der Waals surface area contributed by atoms with Gasteiger partial charge in [-0.15, -0.1) is 0 Å². The second kappa shape index (κ2) is 12.9. The molecule has 0 aliphatic carbocycles. The average Bonchev–Trinajstić information content (AvgIpc) is 2.78. The minimum atomic E-state index is -0.744. The van der Waals surface area contributed by atoms with Gasteiger partial charge in [0.25, 0.3) is 0 Å². The summed E-state index contributed by atoms with van der Waals surface area (Å²) in [5, 5.41) is 9.94. The van der Waals surface area contributed by atoms with E-state index in [0.29, 0.717) is 25.9 Å². The van der Waals surface area contributed by atoms with Crippen LogP contribution in [0.15, 0.2) is 24.3 Å². The molecule has 1 aromatic carbocycles. The third-order valence-corrected chi connectivity index (χ3v) is 5.54. The number of ketones is 1. The van der Waals surface area contributed by atoms with Crippen LogP contribution in [-0.2, 0) is 30.2 Å². The molecule has 1 radical (unpaired) electrons. The molecule has 0 unspecified atom stereocenters. The molecule has 2 aliphatic heterocycles. The summed E-state index contributed by atoms with van der Waals surface area (Å²) >= 11 is 0. The highest BCUT2D eigenvalue weighted by molar-refractivity contribution is 6.39. The molecule has 2 bridgehead atoms. The van der Waals surface area contributed by atoms with Gasteiger partial charge in [-0.05, 0) is 49.3 Å². The monoisotopic (exact) mass is 443 g/mol. The number of fused-ring (bicyclic) bond motifs is 14. The molecule has 3 rings (SSSR count). The van der Waals surface area contributed by atoms with Gasteiger partial charge in [0, 0.05) is 6.42 Å². The highest BCUT2D eigenvalue weighted by Gasteiger charge is 2.32. The van der Waals surface area contributed by atoms with E-state index in [0.717, 1.165) is 24.1 Å². The number of carbonyl (C=O) groups excluding carboxylic acids is 3. The van der Waals surface area contributed by atoms with Crippen molar-refractivity contribution in [3.63, 3.8) is 0 Å². The van der Waals surface area contributed by atoms with E-state index < -0.39 is 23.7 Å². The Kier molecular flexibility index (Phi) is 10.2. The van der Waals surface area contributed by atoms with Crippen molar-refractivity contribution in [1.82, 2.24) is 5.32 Å². The van der Waals surface area contributed by atoms with Gasteiger partial charge in [-0.2, -0.15) is 0 Å². The lowest BCUT2D eigenvalue weighted by molar-refractivity contribution is -0.147. The number of Topliss-reactive ketones (excluding diaryl/α,β-unsaturated/α-hetero) is 1. The van der Waals surface area contributed by atoms with Crippen LogP contribution >= 0.6 is 0 Å². The largest absolute Gasteiger partial charge is 0.555 e. The molecule has 8 nitrogen and oxygen atoms in total. The highest BCUT2D eigenvalue weighted by Crippen LogP contribution is 2.22. The van der Waals surface area contributed by atoms with E-state index in [1.165, 1.54) is 14.6 Å². The molecule has 0 saturated carbocycles. The Morgan fingerprint density at radius 2 is 1.94 bits per heavy atom. The zero-order chi connectivity index (χ0) is 23.5. The fraction of sp³-hybridized carbons (Fsp3) is 0.565. The quantitative estimate of drug-likeness (QED) is 0.313. The molecule has 2 heterocycles. The minimum absolute atomic E-state index is 0.000102. The average molecular weight is 443 g/mol. The van der Waals surface area contributed by atoms with Crippen molar-refractivity contribution in [2.24, 2.45) is 11.8 Å². The summed E-state index contributed by atoms with van der Waals surface area (Å²) in [7, 11) is 2.60. The van der Waals surface area contributed by atoms with Crippen molar-refractivity contribution in [3.8, 4) is 5.75 Å². The van der Waals surface area contributed by atoms with E-state index in [9.17, 15) is 14.4 Å². The van der Waals surface area contributed by atoms with Crippen molar-refractivity contribution in [2.45, 2.75) is 57.8 Å². The van der Waals surface area contributed by atoms with Gasteiger partial charge in [0.15, 0.2) is 5.78 Å². The summed E-state index contributed by atoms with van der Waals surface area (Å²) in [6.07, 6.45) is 3.04. The predicted octanol–water partition coefficient (Wildman–Crippen LogP) is 2.71. The topological polar surface area (TPSA) is 115 Å². The molecule has 9 heteroatoms. The molecular formula is C23H32BN2O6. The number of benzene rings is 1. The first-order chi connectivity index (χ1) is 15.3. The first-order valence-electron chi connectivity index (χ1n) is 11.0. The predicted molar refractivity (Wildman–Crippen MR) is 121 cm³/mol. The van der Waals surface area contributed by atoms with Crippen molar-refractivity contribution in [1.29, 1.82) is 5.41 Å². The second-order valence-electron chi connectivity index (χ2n) is 8.31. The van der Waals surface area contributed by atoms with Crippen LogP contribution in [0, 0.1) is 17.2 Å². The molecule has 1 amide bonds. The van der Waals surface area contributed by atoms with Crippen LogP contribution in [0.5, 0.6) is 5.75 Å². The summed E-state index contributed by atoms with van der Waals surface area (Å²) in [6, 6.07) is 6.70. The van der Waals surface area contributed by atoms with Gasteiger partial charge in [-0.3, -0.25) is 19.8 Å². The Balaban J connectivity index is 2.30. The van der Waals surface area contributed by atoms with E-state index in [-0.39, 0.29) is 24.0 Å². The van der Waals surface area contributed by atoms with E-state index in [1.54, 1.807) is 0 Å². The minimum Gasteiger partial charge on any atom is -0.555 e. The lowest BCUT2D eigenvalue weighted by Crippen LogP contribution is -2.47. The molecule has 173 valence electrons. The van der Waals surface area contributed by atoms with Crippen LogP contribution in [0.25, 0.3) is 0 Å². The Bertz CT molecular complexity index is 783. The maximum absolute atomic E-state index is 13.1. The van der Waals surface area contributed by atoms with E-state index in [2.05, 4.69) is 5.32 Å². The standard InChI is InChI=1S/C23H32BN2O6/c1-15(2)21-20(27)13-17(23(29)30-3)6-4-5-11-31-18-9-7-16(8-10-18)12-19(22(28)26-21)24-32-14-25/h7-10,14-15,17,19,21,25H,4-6,11-13H2,1-3H3,(H,26,28)/t17-,19+,21+/m1/s1. The summed E-state index contributed by atoms with van der Waals surface area (Å²) in [5.41, 5.74) is 0.893. The molecule has 0 aromatic heterocycles. The summed E-state index contributed by atoms with van der Waals surface area (Å²) in [5.74, 6) is -1.72. The fourth-order valence-electron chi connectivity index (χ4n) is 3.71. The smallest absolute Gasteiger partial charge is 0.384 e. The number of amides is 1. The Labute approximate surface area is 190 Å². The number of methoxy groups -OCH3 is 1. The van der Waals surface area contributed by atoms with Crippen molar-refractivity contribution < 1.29 is 28.5 Å². The van der Waals surface area contributed by atoms with Crippen LogP contribution < -0.4 is 10.1 Å². The van der Waals surface area contributed by atoms with Crippen molar-refractivity contribution in [2.75, 3.05) is 13.7 Å².